The molecular weight excluding hydrogens is 455 g/mol. The van der Waals surface area contributed by atoms with Crippen LogP contribution in [0.4, 0.5) is 0 Å². The average molecular weight is 488 g/mol. The molecule has 1 saturated heterocycles. The third-order valence-corrected chi connectivity index (χ3v) is 6.45. The quantitative estimate of drug-likeness (QED) is 0.154. The van der Waals surface area contributed by atoms with E-state index in [2.05, 4.69) is 22.2 Å². The van der Waals surface area contributed by atoms with Crippen molar-refractivity contribution < 1.29 is 19.1 Å². The molecule has 0 unspecified atom stereocenters. The molecule has 1 N–H and O–H groups in total. The summed E-state index contributed by atoms with van der Waals surface area (Å²) in [6, 6.07) is 17.5. The lowest BCUT2D eigenvalue weighted by molar-refractivity contribution is -0.109. The van der Waals surface area contributed by atoms with Gasteiger partial charge in [-0.25, -0.2) is 4.98 Å². The maximum absolute atomic E-state index is 11.5. The van der Waals surface area contributed by atoms with Crippen molar-refractivity contribution in [2.45, 2.75) is 44.4 Å². The number of nitrogens with one attached hydrogen (secondary N) is 1. The highest BCUT2D eigenvalue weighted by Crippen LogP contribution is 2.34. The van der Waals surface area contributed by atoms with E-state index in [0.717, 1.165) is 52.8 Å². The van der Waals surface area contributed by atoms with Crippen LogP contribution in [0.15, 0.2) is 59.8 Å². The van der Waals surface area contributed by atoms with Crippen LogP contribution in [0, 0.1) is 0 Å². The van der Waals surface area contributed by atoms with Gasteiger partial charge >= 0.3 is 0 Å². The molecule has 0 radical (unpaired) electrons. The van der Waals surface area contributed by atoms with Crippen LogP contribution in [0.3, 0.4) is 0 Å². The standard InChI is InChI=1S/C27H33BN4O4/c1-4-8-19(17-33)29-27(31-35-3)25-14-21(16-32(25)28)36-26-15-23(18-9-6-5-7-10-18)30-24-13-20(34-2)11-12-22(24)26/h5-7,9-13,15,17,19,21,25H,4,8,14,16,28H2,1-3H3,(H,29,31)/t19-,21+,25-/m0/s1. The summed E-state index contributed by atoms with van der Waals surface area (Å²) in [4.78, 5) is 23.7. The van der Waals surface area contributed by atoms with Crippen molar-refractivity contribution in [1.82, 2.24) is 15.1 Å². The zero-order valence-corrected chi connectivity index (χ0v) is 21.3. The van der Waals surface area contributed by atoms with Crippen LogP contribution < -0.4 is 14.8 Å². The summed E-state index contributed by atoms with van der Waals surface area (Å²) in [5.41, 5.74) is 2.67. The van der Waals surface area contributed by atoms with E-state index in [0.29, 0.717) is 18.8 Å². The first-order valence-electron chi connectivity index (χ1n) is 12.3. The molecule has 3 atom stereocenters. The molecule has 0 bridgehead atoms. The van der Waals surface area contributed by atoms with Crippen molar-refractivity contribution in [2.75, 3.05) is 20.8 Å². The summed E-state index contributed by atoms with van der Waals surface area (Å²) in [5.74, 6) is 2.16. The van der Waals surface area contributed by atoms with Crippen LogP contribution in [-0.2, 0) is 9.63 Å². The second kappa shape index (κ2) is 11.9. The lowest BCUT2D eigenvalue weighted by Gasteiger charge is -2.24. The topological polar surface area (TPSA) is 85.3 Å². The van der Waals surface area contributed by atoms with Crippen LogP contribution in [0.25, 0.3) is 22.2 Å². The fourth-order valence-electron chi connectivity index (χ4n) is 4.65. The maximum Gasteiger partial charge on any atom is 0.186 e. The monoisotopic (exact) mass is 488 g/mol. The summed E-state index contributed by atoms with van der Waals surface area (Å²) >= 11 is 0. The molecule has 2 aromatic carbocycles. The zero-order valence-electron chi connectivity index (χ0n) is 21.3. The van der Waals surface area contributed by atoms with Crippen molar-refractivity contribution in [2.24, 2.45) is 5.16 Å². The molecular formula is C27H33BN4O4. The minimum atomic E-state index is -0.301. The van der Waals surface area contributed by atoms with Gasteiger partial charge in [-0.15, -0.1) is 0 Å². The Labute approximate surface area is 213 Å². The van der Waals surface area contributed by atoms with Crippen molar-refractivity contribution in [1.29, 1.82) is 0 Å². The van der Waals surface area contributed by atoms with Crippen molar-refractivity contribution in [3.05, 3.63) is 54.6 Å². The number of carbonyl (C=O) groups is 1. The van der Waals surface area contributed by atoms with Gasteiger partial charge < -0.3 is 29.2 Å². The zero-order chi connectivity index (χ0) is 25.5. The van der Waals surface area contributed by atoms with E-state index < -0.39 is 0 Å². The van der Waals surface area contributed by atoms with Gasteiger partial charge in [0.2, 0.25) is 0 Å². The highest BCUT2D eigenvalue weighted by Gasteiger charge is 2.35. The Balaban J connectivity index is 1.62. The molecule has 2 heterocycles. The van der Waals surface area contributed by atoms with Gasteiger partial charge in [-0.2, -0.15) is 0 Å². The Kier molecular flexibility index (Phi) is 8.43. The fourth-order valence-corrected chi connectivity index (χ4v) is 4.65. The summed E-state index contributed by atoms with van der Waals surface area (Å²) < 4.78 is 12.0. The Morgan fingerprint density at radius 3 is 2.75 bits per heavy atom. The molecule has 0 amide bonds. The van der Waals surface area contributed by atoms with E-state index in [4.69, 9.17) is 19.3 Å². The molecule has 9 heteroatoms. The molecule has 1 aliphatic rings. The van der Waals surface area contributed by atoms with E-state index in [1.54, 1.807) is 7.11 Å². The van der Waals surface area contributed by atoms with Gasteiger partial charge in [-0.1, -0.05) is 48.8 Å². The van der Waals surface area contributed by atoms with Crippen molar-refractivity contribution in [3.63, 3.8) is 0 Å². The van der Waals surface area contributed by atoms with Gasteiger partial charge in [0.05, 0.1) is 30.4 Å². The molecule has 3 aromatic rings. The number of nitrogens with zero attached hydrogens (tertiary/aromatic N) is 3. The predicted octanol–water partition coefficient (Wildman–Crippen LogP) is 3.20. The molecule has 188 valence electrons. The molecule has 1 aromatic heterocycles. The summed E-state index contributed by atoms with van der Waals surface area (Å²) in [5, 5.41) is 8.41. The lowest BCUT2D eigenvalue weighted by Crippen LogP contribution is -2.47. The number of aromatic nitrogens is 1. The summed E-state index contributed by atoms with van der Waals surface area (Å²) in [7, 11) is 5.20. The highest BCUT2D eigenvalue weighted by atomic mass is 16.6. The Hall–Kier alpha value is -3.59. The number of fused-ring (bicyclic) bond motifs is 1. The Bertz CT molecular complexity index is 1210. The molecule has 8 nitrogen and oxygen atoms in total. The number of hydrogen-bond donors (Lipinski definition) is 1. The minimum Gasteiger partial charge on any atom is -0.497 e. The molecule has 36 heavy (non-hydrogen) atoms. The second-order valence-corrected chi connectivity index (χ2v) is 9.02. The van der Waals surface area contributed by atoms with Gasteiger partial charge in [-0.3, -0.25) is 0 Å². The number of aldehydes is 1. The predicted molar refractivity (Wildman–Crippen MR) is 144 cm³/mol. The number of methoxy groups -OCH3 is 1. The Morgan fingerprint density at radius 2 is 2.06 bits per heavy atom. The SMILES string of the molecule is BN1C[C@H](Oc2cc(-c3ccccc3)nc3cc(OC)ccc23)C[C@H]1/C(=N\OC)N[C@H](C=O)CCC. The third kappa shape index (κ3) is 5.79. The van der Waals surface area contributed by atoms with Gasteiger partial charge in [-0.05, 0) is 18.6 Å². The molecule has 4 rings (SSSR count). The first-order valence-corrected chi connectivity index (χ1v) is 12.3. The molecule has 1 aliphatic heterocycles. The number of hydrogen-bond acceptors (Lipinski definition) is 7. The molecule has 0 saturated carbocycles. The number of oxime groups is 1. The van der Waals surface area contributed by atoms with Gasteiger partial charge in [0.15, 0.2) is 13.8 Å². The van der Waals surface area contributed by atoms with Gasteiger partial charge in [0.25, 0.3) is 0 Å². The van der Waals surface area contributed by atoms with Gasteiger partial charge in [0.1, 0.15) is 31.0 Å². The van der Waals surface area contributed by atoms with Crippen LogP contribution in [0.5, 0.6) is 11.5 Å². The van der Waals surface area contributed by atoms with Crippen LogP contribution in [-0.4, -0.2) is 68.8 Å². The van der Waals surface area contributed by atoms with E-state index in [1.807, 2.05) is 62.6 Å². The first-order chi connectivity index (χ1) is 17.6. The smallest absolute Gasteiger partial charge is 0.186 e. The molecule has 0 aliphatic carbocycles. The van der Waals surface area contributed by atoms with Crippen LogP contribution in [0.2, 0.25) is 0 Å². The lowest BCUT2D eigenvalue weighted by atomic mass is 10.1. The number of amidine groups is 1. The number of ether oxygens (including phenoxy) is 2. The molecule has 0 spiro atoms. The Morgan fingerprint density at radius 1 is 1.25 bits per heavy atom. The van der Waals surface area contributed by atoms with E-state index >= 15 is 0 Å². The second-order valence-electron chi connectivity index (χ2n) is 9.02. The normalized spacial score (nSPS) is 19.1. The van der Waals surface area contributed by atoms with Crippen LogP contribution >= 0.6 is 0 Å². The van der Waals surface area contributed by atoms with E-state index in [-0.39, 0.29) is 18.2 Å². The number of pyridine rings is 1. The first kappa shape index (κ1) is 25.5. The fraction of sp³-hybridized carbons (Fsp3) is 0.370. The molecule has 1 fully saturated rings. The largest absolute Gasteiger partial charge is 0.497 e. The summed E-state index contributed by atoms with van der Waals surface area (Å²) in [6.07, 6.45) is 3.18. The van der Waals surface area contributed by atoms with Crippen molar-refractivity contribution in [3.8, 4) is 22.8 Å². The maximum atomic E-state index is 11.5. The third-order valence-electron chi connectivity index (χ3n) is 6.45. The van der Waals surface area contributed by atoms with E-state index in [1.165, 1.54) is 7.11 Å². The average Bonchev–Trinajstić information content (AvgIpc) is 3.27. The minimum absolute atomic E-state index is 0.0592. The van der Waals surface area contributed by atoms with Gasteiger partial charge in [0, 0.05) is 36.0 Å². The highest BCUT2D eigenvalue weighted by molar-refractivity contribution is 6.08. The van der Waals surface area contributed by atoms with E-state index in [9.17, 15) is 4.79 Å². The number of carbonyl (C=O) groups excluding carboxylic acids is 1. The van der Waals surface area contributed by atoms with Crippen LogP contribution in [0.1, 0.15) is 26.2 Å². The number of rotatable bonds is 10. The number of benzene rings is 2. The van der Waals surface area contributed by atoms with Crippen molar-refractivity contribution >= 4 is 31.0 Å². The summed E-state index contributed by atoms with van der Waals surface area (Å²) in [6.45, 7) is 2.75.